The molecule has 0 bridgehead atoms. The third-order valence-corrected chi connectivity index (χ3v) is 5.32. The summed E-state index contributed by atoms with van der Waals surface area (Å²) in [5, 5.41) is 9.81. The number of nitrogen functional groups attached to an aromatic ring is 1. The van der Waals surface area contributed by atoms with Gasteiger partial charge < -0.3 is 19.9 Å². The Morgan fingerprint density at radius 2 is 1.76 bits per heavy atom. The molecule has 0 aliphatic heterocycles. The molecule has 6 heteroatoms. The van der Waals surface area contributed by atoms with E-state index in [2.05, 4.69) is 11.1 Å². The summed E-state index contributed by atoms with van der Waals surface area (Å²) in [6.07, 6.45) is 1.58. The second-order valence-electron chi connectivity index (χ2n) is 6.78. The van der Waals surface area contributed by atoms with Gasteiger partial charge in [0.15, 0.2) is 11.5 Å². The van der Waals surface area contributed by atoms with Gasteiger partial charge in [0.05, 0.1) is 27.0 Å². The van der Waals surface area contributed by atoms with Crippen molar-refractivity contribution < 1.29 is 14.2 Å². The number of nitrogens with zero attached hydrogens (tertiary/aromatic N) is 2. The van der Waals surface area contributed by atoms with E-state index < -0.39 is 0 Å². The fourth-order valence-corrected chi connectivity index (χ4v) is 3.93. The highest BCUT2D eigenvalue weighted by Crippen LogP contribution is 2.43. The van der Waals surface area contributed by atoms with Gasteiger partial charge in [-0.2, -0.15) is 5.26 Å². The Morgan fingerprint density at radius 3 is 2.45 bits per heavy atom. The van der Waals surface area contributed by atoms with Gasteiger partial charge in [-0.3, -0.25) is 0 Å². The molecule has 1 aliphatic carbocycles. The van der Waals surface area contributed by atoms with Gasteiger partial charge in [0, 0.05) is 11.1 Å². The topological polar surface area (TPSA) is 90.4 Å². The predicted molar refractivity (Wildman–Crippen MR) is 111 cm³/mol. The Hall–Kier alpha value is -3.72. The van der Waals surface area contributed by atoms with Crippen LogP contribution in [0.1, 0.15) is 16.7 Å². The summed E-state index contributed by atoms with van der Waals surface area (Å²) in [7, 11) is 4.84. The summed E-state index contributed by atoms with van der Waals surface area (Å²) >= 11 is 0. The van der Waals surface area contributed by atoms with E-state index in [9.17, 15) is 5.26 Å². The molecule has 29 heavy (non-hydrogen) atoms. The van der Waals surface area contributed by atoms with Crippen molar-refractivity contribution in [2.24, 2.45) is 0 Å². The molecule has 1 heterocycles. The zero-order valence-electron chi connectivity index (χ0n) is 16.6. The smallest absolute Gasteiger partial charge is 0.161 e. The molecule has 0 saturated carbocycles. The molecule has 0 fully saturated rings. The van der Waals surface area contributed by atoms with Crippen LogP contribution < -0.4 is 19.9 Å². The van der Waals surface area contributed by atoms with Crippen LogP contribution in [0.2, 0.25) is 0 Å². The highest BCUT2D eigenvalue weighted by Gasteiger charge is 2.26. The number of hydrogen-bond donors (Lipinski definition) is 1. The van der Waals surface area contributed by atoms with Gasteiger partial charge in [0.1, 0.15) is 23.2 Å². The minimum Gasteiger partial charge on any atom is -0.497 e. The minimum absolute atomic E-state index is 0.222. The molecule has 0 radical (unpaired) electrons. The van der Waals surface area contributed by atoms with Crippen LogP contribution in [0.3, 0.4) is 0 Å². The zero-order chi connectivity index (χ0) is 20.5. The first-order valence-corrected chi connectivity index (χ1v) is 9.23. The lowest BCUT2D eigenvalue weighted by Gasteiger charge is -2.24. The number of benzene rings is 2. The van der Waals surface area contributed by atoms with E-state index in [0.29, 0.717) is 17.1 Å². The Morgan fingerprint density at radius 1 is 0.966 bits per heavy atom. The number of ether oxygens (including phenoxy) is 3. The van der Waals surface area contributed by atoms with Crippen LogP contribution in [0.5, 0.6) is 17.2 Å². The van der Waals surface area contributed by atoms with Crippen molar-refractivity contribution in [1.29, 1.82) is 5.26 Å². The summed E-state index contributed by atoms with van der Waals surface area (Å²) in [6.45, 7) is 0. The molecule has 6 nitrogen and oxygen atoms in total. The molecule has 146 valence electrons. The molecule has 0 saturated heterocycles. The van der Waals surface area contributed by atoms with Crippen molar-refractivity contribution in [3.05, 3.63) is 53.1 Å². The number of rotatable bonds is 4. The highest BCUT2D eigenvalue weighted by molar-refractivity contribution is 5.87. The number of hydrogen-bond acceptors (Lipinski definition) is 6. The number of aryl methyl sites for hydroxylation is 1. The molecular weight excluding hydrogens is 366 g/mol. The van der Waals surface area contributed by atoms with E-state index in [-0.39, 0.29) is 5.82 Å². The van der Waals surface area contributed by atoms with E-state index >= 15 is 0 Å². The second-order valence-corrected chi connectivity index (χ2v) is 6.78. The molecule has 3 aromatic rings. The maximum atomic E-state index is 9.81. The molecule has 0 spiro atoms. The molecule has 1 aromatic heterocycles. The van der Waals surface area contributed by atoms with Crippen LogP contribution in [0.25, 0.3) is 22.4 Å². The predicted octanol–water partition coefficient (Wildman–Crippen LogP) is 3.99. The number of nitrogens with two attached hydrogens (primary N) is 1. The van der Waals surface area contributed by atoms with Crippen LogP contribution in [-0.4, -0.2) is 26.3 Å². The summed E-state index contributed by atoms with van der Waals surface area (Å²) in [6, 6.07) is 13.8. The van der Waals surface area contributed by atoms with Crippen molar-refractivity contribution in [2.45, 2.75) is 12.8 Å². The van der Waals surface area contributed by atoms with Crippen LogP contribution >= 0.6 is 0 Å². The van der Waals surface area contributed by atoms with Crippen molar-refractivity contribution in [3.8, 4) is 45.7 Å². The summed E-state index contributed by atoms with van der Waals surface area (Å²) in [5.41, 5.74) is 12.3. The Bertz CT molecular complexity index is 1150. The molecular formula is C23H21N3O3. The largest absolute Gasteiger partial charge is 0.497 e. The molecule has 4 rings (SSSR count). The van der Waals surface area contributed by atoms with Crippen molar-refractivity contribution in [3.63, 3.8) is 0 Å². The van der Waals surface area contributed by atoms with Gasteiger partial charge in [-0.1, -0.05) is 6.07 Å². The lowest BCUT2D eigenvalue weighted by atomic mass is 9.83. The van der Waals surface area contributed by atoms with Crippen molar-refractivity contribution >= 4 is 5.82 Å². The van der Waals surface area contributed by atoms with E-state index in [1.165, 1.54) is 0 Å². The number of pyridine rings is 1. The van der Waals surface area contributed by atoms with Crippen LogP contribution in [-0.2, 0) is 12.8 Å². The second kappa shape index (κ2) is 7.36. The van der Waals surface area contributed by atoms with Gasteiger partial charge in [-0.25, -0.2) is 4.98 Å². The van der Waals surface area contributed by atoms with Crippen molar-refractivity contribution in [2.75, 3.05) is 27.1 Å². The van der Waals surface area contributed by atoms with Gasteiger partial charge >= 0.3 is 0 Å². The average Bonchev–Trinajstić information content (AvgIpc) is 2.77. The normalized spacial score (nSPS) is 11.8. The van der Waals surface area contributed by atoms with E-state index in [4.69, 9.17) is 19.9 Å². The van der Waals surface area contributed by atoms with Crippen molar-refractivity contribution in [1.82, 2.24) is 4.98 Å². The number of anilines is 1. The first kappa shape index (κ1) is 18.6. The van der Waals surface area contributed by atoms with Crippen LogP contribution in [0, 0.1) is 11.3 Å². The molecule has 0 atom stereocenters. The van der Waals surface area contributed by atoms with Gasteiger partial charge in [-0.15, -0.1) is 0 Å². The lowest BCUT2D eigenvalue weighted by Crippen LogP contribution is -2.11. The summed E-state index contributed by atoms with van der Waals surface area (Å²) in [5.74, 6) is 2.26. The Balaban J connectivity index is 1.99. The number of aromatic nitrogens is 1. The van der Waals surface area contributed by atoms with Gasteiger partial charge in [-0.05, 0) is 59.9 Å². The minimum atomic E-state index is 0.222. The monoisotopic (exact) mass is 387 g/mol. The Kier molecular flexibility index (Phi) is 4.73. The summed E-state index contributed by atoms with van der Waals surface area (Å²) < 4.78 is 16.2. The van der Waals surface area contributed by atoms with E-state index in [1.807, 2.05) is 36.4 Å². The molecule has 0 unspecified atom stereocenters. The third-order valence-electron chi connectivity index (χ3n) is 5.32. The van der Waals surface area contributed by atoms with E-state index in [1.54, 1.807) is 21.3 Å². The molecule has 2 aromatic carbocycles. The quantitative estimate of drug-likeness (QED) is 0.728. The lowest BCUT2D eigenvalue weighted by molar-refractivity contribution is 0.355. The van der Waals surface area contributed by atoms with E-state index in [0.717, 1.165) is 52.1 Å². The van der Waals surface area contributed by atoms with Gasteiger partial charge in [0.2, 0.25) is 0 Å². The maximum Gasteiger partial charge on any atom is 0.161 e. The van der Waals surface area contributed by atoms with Gasteiger partial charge in [0.25, 0.3) is 0 Å². The maximum absolute atomic E-state index is 9.81. The first-order valence-electron chi connectivity index (χ1n) is 9.23. The first-order chi connectivity index (χ1) is 14.1. The average molecular weight is 387 g/mol. The fraction of sp³-hybridized carbons (Fsp3) is 0.217. The standard InChI is InChI=1S/C23H21N3O3/c1-27-15-6-8-16-13(10-15)4-7-17-21(18(12-24)23(25)26-22(16)17)14-5-9-19(28-2)20(11-14)29-3/h5-6,8-11H,4,7H2,1-3H3,(H2,25,26). The molecule has 1 aliphatic rings. The van der Waals surface area contributed by atoms with Crippen LogP contribution in [0.4, 0.5) is 5.82 Å². The highest BCUT2D eigenvalue weighted by atomic mass is 16.5. The number of nitriles is 1. The van der Waals surface area contributed by atoms with Crippen LogP contribution in [0.15, 0.2) is 36.4 Å². The SMILES string of the molecule is COc1ccc2c(c1)CCc1c-2nc(N)c(C#N)c1-c1ccc(OC)c(OC)c1. The molecule has 0 amide bonds. The molecule has 2 N–H and O–H groups in total. The summed E-state index contributed by atoms with van der Waals surface area (Å²) in [4.78, 5) is 4.60. The Labute approximate surface area is 169 Å². The third kappa shape index (κ3) is 3.01. The number of fused-ring (bicyclic) bond motifs is 3. The fourth-order valence-electron chi connectivity index (χ4n) is 3.93. The number of methoxy groups -OCH3 is 3. The zero-order valence-corrected chi connectivity index (χ0v) is 16.6.